The number of carbonyl (C=O) groups is 1. The van der Waals surface area contributed by atoms with Crippen molar-refractivity contribution in [1.82, 2.24) is 0 Å². The number of hydrogen-bond acceptors (Lipinski definition) is 6. The van der Waals surface area contributed by atoms with Gasteiger partial charge in [-0.25, -0.2) is 0 Å². The summed E-state index contributed by atoms with van der Waals surface area (Å²) in [6.45, 7) is 1.98. The Morgan fingerprint density at radius 1 is 0.909 bits per heavy atom. The molecule has 2 aliphatic rings. The van der Waals surface area contributed by atoms with Crippen molar-refractivity contribution in [1.29, 1.82) is 0 Å². The number of para-hydroxylation sites is 1. The van der Waals surface area contributed by atoms with Crippen LogP contribution >= 0.6 is 0 Å². The van der Waals surface area contributed by atoms with E-state index in [1.807, 2.05) is 48.5 Å². The third-order valence-corrected chi connectivity index (χ3v) is 6.13. The van der Waals surface area contributed by atoms with Crippen molar-refractivity contribution in [2.45, 2.75) is 19.3 Å². The molecule has 0 unspecified atom stereocenters. The maximum Gasteiger partial charge on any atom is 0.231 e. The van der Waals surface area contributed by atoms with E-state index in [0.717, 1.165) is 16.9 Å². The molecular formula is C27H24O6. The minimum atomic E-state index is -0.125. The van der Waals surface area contributed by atoms with Crippen LogP contribution < -0.4 is 23.7 Å². The van der Waals surface area contributed by atoms with Gasteiger partial charge in [-0.15, -0.1) is 0 Å². The van der Waals surface area contributed by atoms with E-state index >= 15 is 0 Å². The van der Waals surface area contributed by atoms with Gasteiger partial charge in [-0.1, -0.05) is 24.3 Å². The Morgan fingerprint density at radius 3 is 2.36 bits per heavy atom. The van der Waals surface area contributed by atoms with Gasteiger partial charge in [0.2, 0.25) is 6.79 Å². The molecule has 2 heterocycles. The molecule has 0 saturated carbocycles. The molecular weight excluding hydrogens is 420 g/mol. The highest BCUT2D eigenvalue weighted by Crippen LogP contribution is 2.48. The number of allylic oxidation sites excluding steroid dienone is 2. The van der Waals surface area contributed by atoms with E-state index in [0.29, 0.717) is 46.3 Å². The lowest BCUT2D eigenvalue weighted by molar-refractivity contribution is 0.102. The molecule has 2 aliphatic heterocycles. The second kappa shape index (κ2) is 8.54. The van der Waals surface area contributed by atoms with E-state index in [9.17, 15) is 4.79 Å². The molecule has 0 amide bonds. The average molecular weight is 444 g/mol. The summed E-state index contributed by atoms with van der Waals surface area (Å²) in [5, 5.41) is 0. The maximum atomic E-state index is 13.4. The van der Waals surface area contributed by atoms with Crippen LogP contribution in [0, 0.1) is 0 Å². The smallest absolute Gasteiger partial charge is 0.231 e. The molecule has 3 aromatic rings. The van der Waals surface area contributed by atoms with E-state index in [2.05, 4.69) is 0 Å². The van der Waals surface area contributed by atoms with Crippen LogP contribution in [0.15, 0.2) is 72.0 Å². The van der Waals surface area contributed by atoms with Gasteiger partial charge in [-0.3, -0.25) is 4.79 Å². The van der Waals surface area contributed by atoms with Crippen molar-refractivity contribution >= 4 is 5.78 Å². The highest BCUT2D eigenvalue weighted by atomic mass is 16.7. The number of rotatable bonds is 5. The predicted octanol–water partition coefficient (Wildman–Crippen LogP) is 5.50. The van der Waals surface area contributed by atoms with Crippen molar-refractivity contribution in [2.75, 3.05) is 21.0 Å². The summed E-state index contributed by atoms with van der Waals surface area (Å²) in [7, 11) is 3.21. The van der Waals surface area contributed by atoms with Crippen LogP contribution in [0.3, 0.4) is 0 Å². The lowest BCUT2D eigenvalue weighted by Crippen LogP contribution is -2.18. The van der Waals surface area contributed by atoms with Gasteiger partial charge >= 0.3 is 0 Å². The molecule has 0 aromatic heterocycles. The molecule has 0 fully saturated rings. The molecule has 6 nitrogen and oxygen atoms in total. The Morgan fingerprint density at radius 2 is 1.64 bits per heavy atom. The van der Waals surface area contributed by atoms with Gasteiger partial charge in [0.25, 0.3) is 0 Å². The standard InChI is InChI=1S/C27H24O6/c1-16(27(28)19-6-4-5-7-22(19)30-3)23-12-20(17-8-10-18(29-2)11-9-17)21-13-25-26(32-15-31-25)14-24(21)33-23/h4-11,13-14,20H,12,15H2,1-3H3/b23-16-/t20-/m0/s1. The fourth-order valence-electron chi connectivity index (χ4n) is 4.29. The Labute approximate surface area is 192 Å². The summed E-state index contributed by atoms with van der Waals surface area (Å²) >= 11 is 0. The fourth-order valence-corrected chi connectivity index (χ4v) is 4.29. The normalized spacial score (nSPS) is 17.6. The summed E-state index contributed by atoms with van der Waals surface area (Å²) in [5.41, 5.74) is 3.13. The van der Waals surface area contributed by atoms with E-state index < -0.39 is 0 Å². The van der Waals surface area contributed by atoms with Crippen molar-refractivity contribution in [3.63, 3.8) is 0 Å². The summed E-state index contributed by atoms with van der Waals surface area (Å²) in [4.78, 5) is 13.4. The van der Waals surface area contributed by atoms with Crippen LogP contribution in [-0.4, -0.2) is 26.8 Å². The Balaban J connectivity index is 1.59. The van der Waals surface area contributed by atoms with Gasteiger partial charge < -0.3 is 23.7 Å². The monoisotopic (exact) mass is 444 g/mol. The second-order valence-electron chi connectivity index (χ2n) is 7.95. The van der Waals surface area contributed by atoms with Crippen molar-refractivity contribution in [2.24, 2.45) is 0 Å². The molecule has 0 saturated heterocycles. The number of fused-ring (bicyclic) bond motifs is 2. The fraction of sp³-hybridized carbons (Fsp3) is 0.222. The van der Waals surface area contributed by atoms with Gasteiger partial charge in [0, 0.05) is 29.5 Å². The molecule has 6 heteroatoms. The molecule has 168 valence electrons. The van der Waals surface area contributed by atoms with Crippen LogP contribution in [-0.2, 0) is 0 Å². The quantitative estimate of drug-likeness (QED) is 0.382. The number of ketones is 1. The molecule has 0 aliphatic carbocycles. The maximum absolute atomic E-state index is 13.4. The predicted molar refractivity (Wildman–Crippen MR) is 123 cm³/mol. The molecule has 0 bridgehead atoms. The zero-order chi connectivity index (χ0) is 22.9. The highest BCUT2D eigenvalue weighted by molar-refractivity contribution is 6.10. The first-order chi connectivity index (χ1) is 16.1. The lowest BCUT2D eigenvalue weighted by Gasteiger charge is -2.29. The van der Waals surface area contributed by atoms with E-state index in [1.165, 1.54) is 0 Å². The van der Waals surface area contributed by atoms with Crippen molar-refractivity contribution < 1.29 is 28.5 Å². The molecule has 0 N–H and O–H groups in total. The largest absolute Gasteiger partial charge is 0.497 e. The number of Topliss-reactive ketones (excluding diaryl/α,β-unsaturated/α-hetero) is 1. The summed E-state index contributed by atoms with van der Waals surface area (Å²) in [5.74, 6) is 3.79. The number of carbonyl (C=O) groups excluding carboxylic acids is 1. The summed E-state index contributed by atoms with van der Waals surface area (Å²) in [6.07, 6.45) is 0.533. The van der Waals surface area contributed by atoms with E-state index in [1.54, 1.807) is 33.3 Å². The molecule has 33 heavy (non-hydrogen) atoms. The number of hydrogen-bond donors (Lipinski definition) is 0. The van der Waals surface area contributed by atoms with Crippen LogP contribution in [0.1, 0.15) is 40.7 Å². The number of ether oxygens (including phenoxy) is 5. The molecule has 5 rings (SSSR count). The topological polar surface area (TPSA) is 63.2 Å². The Kier molecular flexibility index (Phi) is 5.42. The third kappa shape index (κ3) is 3.78. The first-order valence-corrected chi connectivity index (χ1v) is 10.7. The van der Waals surface area contributed by atoms with Crippen molar-refractivity contribution in [3.05, 3.63) is 88.7 Å². The summed E-state index contributed by atoms with van der Waals surface area (Å²) < 4.78 is 28.2. The van der Waals surface area contributed by atoms with Gasteiger partial charge in [0.1, 0.15) is 23.0 Å². The van der Waals surface area contributed by atoms with Crippen LogP contribution in [0.4, 0.5) is 0 Å². The summed E-state index contributed by atoms with van der Waals surface area (Å²) in [6, 6.07) is 19.0. The van der Waals surface area contributed by atoms with Crippen LogP contribution in [0.2, 0.25) is 0 Å². The minimum Gasteiger partial charge on any atom is -0.497 e. The third-order valence-electron chi connectivity index (χ3n) is 6.13. The average Bonchev–Trinajstić information content (AvgIpc) is 3.33. The first-order valence-electron chi connectivity index (χ1n) is 10.7. The Hall–Kier alpha value is -3.93. The van der Waals surface area contributed by atoms with Crippen molar-refractivity contribution in [3.8, 4) is 28.7 Å². The zero-order valence-corrected chi connectivity index (χ0v) is 18.7. The van der Waals surface area contributed by atoms with Gasteiger partial charge in [0.15, 0.2) is 17.3 Å². The van der Waals surface area contributed by atoms with Crippen LogP contribution in [0.5, 0.6) is 28.7 Å². The van der Waals surface area contributed by atoms with Gasteiger partial charge in [0.05, 0.1) is 19.8 Å². The Bertz CT molecular complexity index is 1240. The highest BCUT2D eigenvalue weighted by Gasteiger charge is 2.32. The molecule has 0 radical (unpaired) electrons. The number of methoxy groups -OCH3 is 2. The minimum absolute atomic E-state index is 0.0235. The second-order valence-corrected chi connectivity index (χ2v) is 7.95. The SMILES string of the molecule is COc1ccc([C@@H]2C/C(=C(\C)C(=O)c3ccccc3OC)Oc3cc4c(cc32)OCO4)cc1. The van der Waals surface area contributed by atoms with E-state index in [4.69, 9.17) is 23.7 Å². The molecule has 1 atom stereocenters. The van der Waals surface area contributed by atoms with Crippen LogP contribution in [0.25, 0.3) is 0 Å². The van der Waals surface area contributed by atoms with E-state index in [-0.39, 0.29) is 18.5 Å². The molecule has 3 aromatic carbocycles. The zero-order valence-electron chi connectivity index (χ0n) is 18.7. The lowest BCUT2D eigenvalue weighted by atomic mass is 9.84. The van der Waals surface area contributed by atoms with Gasteiger partial charge in [-0.2, -0.15) is 0 Å². The first kappa shape index (κ1) is 20.9. The molecule has 0 spiro atoms. The number of benzene rings is 3. The van der Waals surface area contributed by atoms with Gasteiger partial charge in [-0.05, 0) is 42.8 Å².